The molecule has 0 saturated carbocycles. The molecule has 0 aromatic heterocycles. The molecule has 0 radical (unpaired) electrons. The summed E-state index contributed by atoms with van der Waals surface area (Å²) in [6, 6.07) is 0.0516. The summed E-state index contributed by atoms with van der Waals surface area (Å²) in [6.07, 6.45) is 16.3. The van der Waals surface area contributed by atoms with Gasteiger partial charge in [0.1, 0.15) is 12.7 Å². The van der Waals surface area contributed by atoms with Crippen molar-refractivity contribution >= 4 is 12.2 Å². The van der Waals surface area contributed by atoms with Crippen molar-refractivity contribution in [2.75, 3.05) is 34.4 Å². The summed E-state index contributed by atoms with van der Waals surface area (Å²) in [6.45, 7) is 6.90. The Morgan fingerprint density at radius 1 is 0.778 bits per heavy atom. The predicted molar refractivity (Wildman–Crippen MR) is 147 cm³/mol. The second kappa shape index (κ2) is 23.8. The van der Waals surface area contributed by atoms with Crippen molar-refractivity contribution in [2.24, 2.45) is 0 Å². The zero-order valence-corrected chi connectivity index (χ0v) is 24.2. The second-order valence-electron chi connectivity index (χ2n) is 10.1. The Balaban J connectivity index is 4.06. The first kappa shape index (κ1) is 34.5. The molecule has 0 spiro atoms. The molecule has 8 heteroatoms. The number of ether oxygens (including phenoxy) is 3. The molecule has 8 nitrogen and oxygen atoms in total. The molecular formula is C28H57N3O5. The molecule has 2 N–H and O–H groups in total. The van der Waals surface area contributed by atoms with Crippen LogP contribution < -0.4 is 10.6 Å². The summed E-state index contributed by atoms with van der Waals surface area (Å²) >= 11 is 0. The average molecular weight is 516 g/mol. The van der Waals surface area contributed by atoms with E-state index < -0.39 is 24.5 Å². The van der Waals surface area contributed by atoms with Gasteiger partial charge < -0.3 is 24.4 Å². The predicted octanol–water partition coefficient (Wildman–Crippen LogP) is 6.62. The van der Waals surface area contributed by atoms with Gasteiger partial charge in [-0.05, 0) is 33.9 Å². The summed E-state index contributed by atoms with van der Waals surface area (Å²) in [5.74, 6) is 0. The fourth-order valence-electron chi connectivity index (χ4n) is 3.95. The molecule has 0 heterocycles. The number of unbranched alkanes of at least 4 members (excludes halogenated alkanes) is 12. The van der Waals surface area contributed by atoms with Crippen LogP contribution >= 0.6 is 0 Å². The van der Waals surface area contributed by atoms with Crippen molar-refractivity contribution in [1.82, 2.24) is 15.5 Å². The van der Waals surface area contributed by atoms with Gasteiger partial charge in [0.25, 0.3) is 0 Å². The minimum absolute atomic E-state index is 0.0516. The third kappa shape index (κ3) is 20.6. The molecular weight excluding hydrogens is 458 g/mol. The number of rotatable bonds is 23. The van der Waals surface area contributed by atoms with E-state index in [0.717, 1.165) is 19.3 Å². The summed E-state index contributed by atoms with van der Waals surface area (Å²) in [5, 5.41) is 5.51. The number of amides is 2. The van der Waals surface area contributed by atoms with Crippen molar-refractivity contribution < 1.29 is 23.8 Å². The van der Waals surface area contributed by atoms with Crippen LogP contribution in [0.15, 0.2) is 0 Å². The number of alkyl carbamates (subject to hydrolysis) is 2. The first-order chi connectivity index (χ1) is 17.3. The van der Waals surface area contributed by atoms with Crippen LogP contribution in [0.4, 0.5) is 9.59 Å². The lowest BCUT2D eigenvalue weighted by Crippen LogP contribution is -2.49. The van der Waals surface area contributed by atoms with Crippen molar-refractivity contribution in [3.8, 4) is 0 Å². The lowest BCUT2D eigenvalue weighted by atomic mass is 10.0. The van der Waals surface area contributed by atoms with Crippen LogP contribution in [-0.4, -0.2) is 69.8 Å². The average Bonchev–Trinajstić information content (AvgIpc) is 2.84. The monoisotopic (exact) mass is 515 g/mol. The number of nitrogens with zero attached hydrogens (tertiary/aromatic N) is 1. The van der Waals surface area contributed by atoms with Gasteiger partial charge in [0.15, 0.2) is 0 Å². The number of carbonyl (C=O) groups excluding carboxylic acids is 2. The van der Waals surface area contributed by atoms with Gasteiger partial charge >= 0.3 is 12.2 Å². The molecule has 0 fully saturated rings. The minimum atomic E-state index is -0.935. The van der Waals surface area contributed by atoms with Crippen molar-refractivity contribution in [2.45, 2.75) is 135 Å². The lowest BCUT2D eigenvalue weighted by Gasteiger charge is -2.25. The Bertz CT molecular complexity index is 533. The van der Waals surface area contributed by atoms with Gasteiger partial charge in [0.05, 0.1) is 0 Å². The molecule has 0 aliphatic carbocycles. The van der Waals surface area contributed by atoms with E-state index in [1.165, 1.54) is 84.2 Å². The third-order valence-electron chi connectivity index (χ3n) is 6.53. The summed E-state index contributed by atoms with van der Waals surface area (Å²) in [5.41, 5.74) is 0. The lowest BCUT2D eigenvalue weighted by molar-refractivity contribution is -0.0290. The molecule has 0 bridgehead atoms. The molecule has 36 heavy (non-hydrogen) atoms. The number of likely N-dealkylation sites (N-methyl/N-ethyl adjacent to an activating group) is 1. The van der Waals surface area contributed by atoms with Gasteiger partial charge in [0.2, 0.25) is 6.23 Å². The molecule has 214 valence electrons. The Morgan fingerprint density at radius 3 is 1.78 bits per heavy atom. The quantitative estimate of drug-likeness (QED) is 0.117. The van der Waals surface area contributed by atoms with Gasteiger partial charge in [-0.25, -0.2) is 9.59 Å². The van der Waals surface area contributed by atoms with Crippen LogP contribution in [0.1, 0.15) is 117 Å². The standard InChI is InChI=1S/C28H57N3O5/c1-7-9-10-11-12-13-14-15-16-17-18-19-20-21-25(8-2)29-28(33)36-26(24(3)34-6)30-27(32)35-23-22-31(4)5/h24-26H,7-23H2,1-6H3,(H,29,33)(H,30,32). The maximum Gasteiger partial charge on any atom is 0.410 e. The van der Waals surface area contributed by atoms with E-state index in [-0.39, 0.29) is 12.6 Å². The Hall–Kier alpha value is -1.54. The highest BCUT2D eigenvalue weighted by molar-refractivity contribution is 5.70. The Kier molecular flexibility index (Phi) is 22.8. The van der Waals surface area contributed by atoms with E-state index in [0.29, 0.717) is 6.54 Å². The van der Waals surface area contributed by atoms with Crippen LogP contribution in [0.25, 0.3) is 0 Å². The maximum absolute atomic E-state index is 12.5. The SMILES string of the molecule is CCCCCCCCCCCCCCCC(CC)NC(=O)OC(NC(=O)OCCN(C)C)C(C)OC. The minimum Gasteiger partial charge on any atom is -0.448 e. The smallest absolute Gasteiger partial charge is 0.410 e. The Morgan fingerprint density at radius 2 is 1.31 bits per heavy atom. The maximum atomic E-state index is 12.5. The number of nitrogens with one attached hydrogen (secondary N) is 2. The zero-order valence-electron chi connectivity index (χ0n) is 24.2. The fraction of sp³-hybridized carbons (Fsp3) is 0.929. The molecule has 0 saturated heterocycles. The zero-order chi connectivity index (χ0) is 27.0. The van der Waals surface area contributed by atoms with Crippen LogP contribution in [0, 0.1) is 0 Å². The van der Waals surface area contributed by atoms with Crippen molar-refractivity contribution in [1.29, 1.82) is 0 Å². The molecule has 2 amide bonds. The number of methoxy groups -OCH3 is 1. The number of hydrogen-bond donors (Lipinski definition) is 2. The summed E-state index contributed by atoms with van der Waals surface area (Å²) in [7, 11) is 5.29. The van der Waals surface area contributed by atoms with Crippen LogP contribution in [0.5, 0.6) is 0 Å². The van der Waals surface area contributed by atoms with Gasteiger partial charge in [-0.1, -0.05) is 97.3 Å². The van der Waals surface area contributed by atoms with E-state index in [9.17, 15) is 9.59 Å². The van der Waals surface area contributed by atoms with Gasteiger partial charge in [-0.3, -0.25) is 5.32 Å². The van der Waals surface area contributed by atoms with Gasteiger partial charge in [-0.15, -0.1) is 0 Å². The van der Waals surface area contributed by atoms with Gasteiger partial charge in [-0.2, -0.15) is 0 Å². The van der Waals surface area contributed by atoms with Crippen LogP contribution in [0.2, 0.25) is 0 Å². The fourth-order valence-corrected chi connectivity index (χ4v) is 3.95. The van der Waals surface area contributed by atoms with E-state index in [4.69, 9.17) is 14.2 Å². The molecule has 0 aromatic rings. The highest BCUT2D eigenvalue weighted by Gasteiger charge is 2.25. The second-order valence-corrected chi connectivity index (χ2v) is 10.1. The number of carbonyl (C=O) groups is 2. The topological polar surface area (TPSA) is 89.1 Å². The van der Waals surface area contributed by atoms with E-state index in [1.54, 1.807) is 6.92 Å². The Labute approximate surface area is 221 Å². The van der Waals surface area contributed by atoms with E-state index in [2.05, 4.69) is 24.5 Å². The van der Waals surface area contributed by atoms with Crippen molar-refractivity contribution in [3.05, 3.63) is 0 Å². The van der Waals surface area contributed by atoms with Crippen LogP contribution in [0.3, 0.4) is 0 Å². The van der Waals surface area contributed by atoms with E-state index in [1.807, 2.05) is 19.0 Å². The molecule has 0 rings (SSSR count). The molecule has 3 unspecified atom stereocenters. The first-order valence-electron chi connectivity index (χ1n) is 14.4. The van der Waals surface area contributed by atoms with E-state index >= 15 is 0 Å². The van der Waals surface area contributed by atoms with Crippen LogP contribution in [-0.2, 0) is 14.2 Å². The molecule has 0 aliphatic rings. The number of hydrogen-bond acceptors (Lipinski definition) is 6. The highest BCUT2D eigenvalue weighted by atomic mass is 16.6. The highest BCUT2D eigenvalue weighted by Crippen LogP contribution is 2.14. The summed E-state index contributed by atoms with van der Waals surface area (Å²) in [4.78, 5) is 26.4. The molecule has 3 atom stereocenters. The molecule has 0 aromatic carbocycles. The third-order valence-corrected chi connectivity index (χ3v) is 6.53. The normalized spacial score (nSPS) is 13.8. The summed E-state index contributed by atoms with van der Waals surface area (Å²) < 4.78 is 15.8. The molecule has 0 aliphatic heterocycles. The first-order valence-corrected chi connectivity index (χ1v) is 14.4. The largest absolute Gasteiger partial charge is 0.448 e. The van der Waals surface area contributed by atoms with Gasteiger partial charge in [0, 0.05) is 19.7 Å². The van der Waals surface area contributed by atoms with Crippen molar-refractivity contribution in [3.63, 3.8) is 0 Å².